The molecule has 0 fully saturated rings. The monoisotopic (exact) mass is 177 g/mol. The topological polar surface area (TPSA) is 61.7 Å². The number of rotatable bonds is 2. The fourth-order valence-corrected chi connectivity index (χ4v) is 1.20. The molecule has 0 unspecified atom stereocenters. The van der Waals surface area contributed by atoms with Crippen LogP contribution in [0.4, 0.5) is 5.82 Å². The molecule has 0 aliphatic rings. The summed E-state index contributed by atoms with van der Waals surface area (Å²) in [4.78, 5) is 0. The first kappa shape index (κ1) is 7.85. The summed E-state index contributed by atoms with van der Waals surface area (Å²) in [5, 5.41) is 8.20. The maximum absolute atomic E-state index is 5.55. The minimum atomic E-state index is 0.546. The van der Waals surface area contributed by atoms with Crippen molar-refractivity contribution in [1.29, 1.82) is 0 Å². The second kappa shape index (κ2) is 2.93. The van der Waals surface area contributed by atoms with Gasteiger partial charge in [0.2, 0.25) is 0 Å². The Balaban J connectivity index is 2.23. The van der Waals surface area contributed by atoms with E-state index in [1.54, 1.807) is 10.9 Å². The predicted molar refractivity (Wildman–Crippen MR) is 49.0 cm³/mol. The van der Waals surface area contributed by atoms with Gasteiger partial charge in [0.1, 0.15) is 12.5 Å². The van der Waals surface area contributed by atoms with Gasteiger partial charge in [-0.05, 0) is 13.0 Å². The van der Waals surface area contributed by atoms with Crippen LogP contribution in [0.25, 0.3) is 0 Å². The molecule has 0 aliphatic heterocycles. The number of nitrogens with zero attached hydrogens (tertiary/aromatic N) is 4. The normalized spacial score (nSPS) is 10.5. The van der Waals surface area contributed by atoms with Crippen molar-refractivity contribution in [3.05, 3.63) is 30.2 Å². The van der Waals surface area contributed by atoms with Gasteiger partial charge in [0.15, 0.2) is 0 Å². The molecular weight excluding hydrogens is 166 g/mol. The molecule has 2 aromatic heterocycles. The molecule has 2 heterocycles. The van der Waals surface area contributed by atoms with Gasteiger partial charge in [0, 0.05) is 24.2 Å². The highest BCUT2D eigenvalue weighted by Gasteiger charge is 2.00. The highest BCUT2D eigenvalue weighted by atomic mass is 15.4. The molecule has 0 saturated carbocycles. The lowest BCUT2D eigenvalue weighted by atomic mass is 10.5. The smallest absolute Gasteiger partial charge is 0.145 e. The van der Waals surface area contributed by atoms with E-state index >= 15 is 0 Å². The zero-order valence-electron chi connectivity index (χ0n) is 7.38. The Hall–Kier alpha value is -1.78. The van der Waals surface area contributed by atoms with Crippen LogP contribution >= 0.6 is 0 Å². The predicted octanol–water partition coefficient (Wildman–Crippen LogP) is 0.476. The van der Waals surface area contributed by atoms with E-state index in [-0.39, 0.29) is 0 Å². The average Bonchev–Trinajstić information content (AvgIpc) is 2.63. The molecule has 0 radical (unpaired) electrons. The summed E-state index contributed by atoms with van der Waals surface area (Å²) in [6, 6.07) is 3.71. The lowest BCUT2D eigenvalue weighted by Crippen LogP contribution is -2.11. The van der Waals surface area contributed by atoms with Crippen LogP contribution in [0, 0.1) is 6.92 Å². The number of nitrogen functional groups attached to an aromatic ring is 1. The summed E-state index contributed by atoms with van der Waals surface area (Å²) in [5.41, 5.74) is 6.58. The molecule has 0 bridgehead atoms. The van der Waals surface area contributed by atoms with E-state index in [1.165, 1.54) is 0 Å². The van der Waals surface area contributed by atoms with Gasteiger partial charge in [0.25, 0.3) is 0 Å². The fraction of sp³-hybridized carbons (Fsp3) is 0.250. The maximum Gasteiger partial charge on any atom is 0.145 e. The van der Waals surface area contributed by atoms with Crippen molar-refractivity contribution >= 4 is 5.82 Å². The second-order valence-corrected chi connectivity index (χ2v) is 2.90. The summed E-state index contributed by atoms with van der Waals surface area (Å²) in [6.07, 6.45) is 3.62. The van der Waals surface area contributed by atoms with Crippen molar-refractivity contribution in [2.75, 3.05) is 5.73 Å². The largest absolute Gasteiger partial charge is 0.382 e. The second-order valence-electron chi connectivity index (χ2n) is 2.90. The molecule has 0 spiro atoms. The van der Waals surface area contributed by atoms with Gasteiger partial charge in [0.05, 0.1) is 0 Å². The van der Waals surface area contributed by atoms with Crippen LogP contribution in [0.2, 0.25) is 0 Å². The van der Waals surface area contributed by atoms with Gasteiger partial charge in [-0.25, -0.2) is 4.68 Å². The Kier molecular flexibility index (Phi) is 1.77. The minimum absolute atomic E-state index is 0.546. The first-order chi connectivity index (χ1) is 6.25. The Labute approximate surface area is 75.8 Å². The number of aryl methyl sites for hydroxylation is 1. The summed E-state index contributed by atoms with van der Waals surface area (Å²) in [6.45, 7) is 2.57. The molecule has 0 amide bonds. The number of hydrogen-bond donors (Lipinski definition) is 1. The van der Waals surface area contributed by atoms with Crippen molar-refractivity contribution < 1.29 is 0 Å². The van der Waals surface area contributed by atoms with Crippen molar-refractivity contribution in [1.82, 2.24) is 19.6 Å². The third-order valence-electron chi connectivity index (χ3n) is 1.84. The molecule has 13 heavy (non-hydrogen) atoms. The Morgan fingerprint density at radius 2 is 2.38 bits per heavy atom. The van der Waals surface area contributed by atoms with Crippen LogP contribution in [0.15, 0.2) is 24.5 Å². The number of nitrogens with two attached hydrogens (primary N) is 1. The van der Waals surface area contributed by atoms with Crippen LogP contribution in [0.5, 0.6) is 0 Å². The van der Waals surface area contributed by atoms with E-state index < -0.39 is 0 Å². The third kappa shape index (κ3) is 1.53. The van der Waals surface area contributed by atoms with E-state index in [9.17, 15) is 0 Å². The van der Waals surface area contributed by atoms with Gasteiger partial charge in [-0.15, -0.1) is 0 Å². The van der Waals surface area contributed by atoms with Crippen molar-refractivity contribution in [2.24, 2.45) is 0 Å². The fourth-order valence-electron chi connectivity index (χ4n) is 1.20. The lowest BCUT2D eigenvalue weighted by molar-refractivity contribution is 0.495. The van der Waals surface area contributed by atoms with Crippen molar-refractivity contribution in [3.8, 4) is 0 Å². The maximum atomic E-state index is 5.55. The minimum Gasteiger partial charge on any atom is -0.382 e. The van der Waals surface area contributed by atoms with E-state index in [0.717, 1.165) is 5.69 Å². The van der Waals surface area contributed by atoms with Gasteiger partial charge >= 0.3 is 0 Å². The van der Waals surface area contributed by atoms with Gasteiger partial charge in [-0.3, -0.25) is 4.68 Å². The van der Waals surface area contributed by atoms with E-state index in [4.69, 9.17) is 5.73 Å². The highest BCUT2D eigenvalue weighted by molar-refractivity contribution is 5.28. The van der Waals surface area contributed by atoms with Crippen LogP contribution in [0.3, 0.4) is 0 Å². The van der Waals surface area contributed by atoms with Gasteiger partial charge in [-0.1, -0.05) is 0 Å². The molecule has 5 nitrogen and oxygen atoms in total. The highest BCUT2D eigenvalue weighted by Crippen LogP contribution is 2.03. The van der Waals surface area contributed by atoms with E-state index in [2.05, 4.69) is 10.2 Å². The van der Waals surface area contributed by atoms with Crippen LogP contribution in [-0.2, 0) is 6.67 Å². The molecule has 0 saturated heterocycles. The van der Waals surface area contributed by atoms with Crippen LogP contribution in [0.1, 0.15) is 5.69 Å². The molecule has 2 N–H and O–H groups in total. The van der Waals surface area contributed by atoms with Crippen molar-refractivity contribution in [3.63, 3.8) is 0 Å². The number of anilines is 1. The molecular formula is C8H11N5. The summed E-state index contributed by atoms with van der Waals surface area (Å²) >= 11 is 0. The standard InChI is InChI=1S/C8H11N5/c1-7-5-8(9)11-13(7)6-12-4-2-3-10-12/h2-5H,6H2,1H3,(H2,9,11). The molecule has 2 rings (SSSR count). The Morgan fingerprint density at radius 3 is 2.92 bits per heavy atom. The molecule has 0 aliphatic carbocycles. The average molecular weight is 177 g/mol. The first-order valence-corrected chi connectivity index (χ1v) is 4.03. The first-order valence-electron chi connectivity index (χ1n) is 4.03. The summed E-state index contributed by atoms with van der Waals surface area (Å²) in [5.74, 6) is 0.546. The SMILES string of the molecule is Cc1cc(N)nn1Cn1cccn1. The quantitative estimate of drug-likeness (QED) is 0.725. The van der Waals surface area contributed by atoms with Crippen LogP contribution < -0.4 is 5.73 Å². The molecule has 5 heteroatoms. The van der Waals surface area contributed by atoms with Crippen LogP contribution in [-0.4, -0.2) is 19.6 Å². The lowest BCUT2D eigenvalue weighted by Gasteiger charge is -2.03. The summed E-state index contributed by atoms with van der Waals surface area (Å²) in [7, 11) is 0. The summed E-state index contributed by atoms with van der Waals surface area (Å²) < 4.78 is 3.60. The van der Waals surface area contributed by atoms with E-state index in [1.807, 2.05) is 29.9 Å². The molecule has 68 valence electrons. The Bertz CT molecular complexity index is 387. The zero-order valence-corrected chi connectivity index (χ0v) is 7.38. The molecule has 0 atom stereocenters. The zero-order chi connectivity index (χ0) is 9.26. The Morgan fingerprint density at radius 1 is 1.54 bits per heavy atom. The van der Waals surface area contributed by atoms with Crippen molar-refractivity contribution in [2.45, 2.75) is 13.6 Å². The number of aromatic nitrogens is 4. The molecule has 0 aromatic carbocycles. The van der Waals surface area contributed by atoms with E-state index in [0.29, 0.717) is 12.5 Å². The van der Waals surface area contributed by atoms with Gasteiger partial charge in [-0.2, -0.15) is 10.2 Å². The van der Waals surface area contributed by atoms with Gasteiger partial charge < -0.3 is 5.73 Å². The third-order valence-corrected chi connectivity index (χ3v) is 1.84. The number of hydrogen-bond acceptors (Lipinski definition) is 3. The molecule has 2 aromatic rings.